The van der Waals surface area contributed by atoms with E-state index >= 15 is 0 Å². The van der Waals surface area contributed by atoms with E-state index in [4.69, 9.17) is 5.73 Å². The smallest absolute Gasteiger partial charge is 0.322 e. The lowest BCUT2D eigenvalue weighted by Gasteiger charge is -2.14. The van der Waals surface area contributed by atoms with E-state index < -0.39 is 12.1 Å². The van der Waals surface area contributed by atoms with Gasteiger partial charge in [-0.05, 0) is 36.6 Å². The van der Waals surface area contributed by atoms with Crippen molar-refractivity contribution in [1.82, 2.24) is 10.6 Å². The number of amides is 3. The molecule has 0 saturated carbocycles. The Bertz CT molecular complexity index is 497. The highest BCUT2D eigenvalue weighted by Gasteiger charge is 2.30. The first-order valence-corrected chi connectivity index (χ1v) is 5.45. The number of benzene rings is 1. The fourth-order valence-electron chi connectivity index (χ4n) is 1.97. The third-order valence-electron chi connectivity index (χ3n) is 3.17. The highest BCUT2D eigenvalue weighted by Crippen LogP contribution is 2.22. The molecule has 1 fully saturated rings. The number of hydrogen-bond acceptors (Lipinski definition) is 3. The van der Waals surface area contributed by atoms with E-state index in [1.807, 2.05) is 26.0 Å². The number of nitrogen functional groups attached to an aromatic ring is 1. The van der Waals surface area contributed by atoms with Crippen molar-refractivity contribution in [3.05, 3.63) is 28.8 Å². The third-order valence-corrected chi connectivity index (χ3v) is 3.17. The number of rotatable bonds is 2. The van der Waals surface area contributed by atoms with Gasteiger partial charge in [0.1, 0.15) is 6.04 Å². The van der Waals surface area contributed by atoms with Crippen molar-refractivity contribution < 1.29 is 9.59 Å². The zero-order valence-electron chi connectivity index (χ0n) is 9.83. The Morgan fingerprint density at radius 2 is 2.00 bits per heavy atom. The van der Waals surface area contributed by atoms with E-state index in [-0.39, 0.29) is 5.91 Å². The summed E-state index contributed by atoms with van der Waals surface area (Å²) in [6, 6.07) is 2.81. The summed E-state index contributed by atoms with van der Waals surface area (Å²) in [5, 5.41) is 4.78. The Balaban J connectivity index is 2.27. The summed E-state index contributed by atoms with van der Waals surface area (Å²) in [7, 11) is 0. The average Bonchev–Trinajstić information content (AvgIpc) is 2.58. The van der Waals surface area contributed by atoms with Gasteiger partial charge in [0.2, 0.25) is 0 Å². The molecule has 17 heavy (non-hydrogen) atoms. The van der Waals surface area contributed by atoms with E-state index in [0.29, 0.717) is 12.1 Å². The van der Waals surface area contributed by atoms with Crippen LogP contribution in [0.4, 0.5) is 10.5 Å². The number of carbonyl (C=O) groups is 2. The molecule has 1 saturated heterocycles. The molecule has 5 nitrogen and oxygen atoms in total. The van der Waals surface area contributed by atoms with Crippen LogP contribution in [0.1, 0.15) is 16.7 Å². The Morgan fingerprint density at radius 1 is 1.29 bits per heavy atom. The second-order valence-corrected chi connectivity index (χ2v) is 4.29. The Kier molecular flexibility index (Phi) is 2.75. The van der Waals surface area contributed by atoms with Crippen LogP contribution in [-0.4, -0.2) is 18.0 Å². The molecule has 1 aromatic rings. The highest BCUT2D eigenvalue weighted by atomic mass is 16.2. The maximum atomic E-state index is 11.5. The topological polar surface area (TPSA) is 84.2 Å². The molecule has 1 unspecified atom stereocenters. The van der Waals surface area contributed by atoms with Crippen molar-refractivity contribution in [1.29, 1.82) is 0 Å². The summed E-state index contributed by atoms with van der Waals surface area (Å²) in [5.41, 5.74) is 9.67. The van der Waals surface area contributed by atoms with Crippen molar-refractivity contribution in [3.8, 4) is 0 Å². The summed E-state index contributed by atoms with van der Waals surface area (Å²) in [6.45, 7) is 3.96. The van der Waals surface area contributed by atoms with E-state index in [0.717, 1.165) is 16.7 Å². The molecule has 0 aromatic heterocycles. The quantitative estimate of drug-likeness (QED) is 0.517. The molecule has 2 rings (SSSR count). The zero-order chi connectivity index (χ0) is 12.6. The van der Waals surface area contributed by atoms with Gasteiger partial charge in [-0.2, -0.15) is 0 Å². The Hall–Kier alpha value is -2.04. The number of urea groups is 1. The predicted molar refractivity (Wildman–Crippen MR) is 64.5 cm³/mol. The molecule has 0 radical (unpaired) electrons. The van der Waals surface area contributed by atoms with Crippen molar-refractivity contribution in [2.45, 2.75) is 26.3 Å². The molecule has 0 aliphatic carbocycles. The van der Waals surface area contributed by atoms with Crippen LogP contribution in [0, 0.1) is 13.8 Å². The van der Waals surface area contributed by atoms with Crippen LogP contribution in [0.3, 0.4) is 0 Å². The standard InChI is InChI=1S/C12H15N3O2/c1-6-3-4-9(13)8(7(6)2)5-10-11(16)15-12(17)14-10/h3-4,10H,5,13H2,1-2H3,(H2,14,15,16,17). The van der Waals surface area contributed by atoms with Crippen molar-refractivity contribution in [2.24, 2.45) is 0 Å². The molecule has 1 aliphatic heterocycles. The van der Waals surface area contributed by atoms with Crippen LogP contribution in [0.15, 0.2) is 12.1 Å². The number of anilines is 1. The third kappa shape index (κ3) is 2.08. The first-order chi connectivity index (χ1) is 7.99. The minimum Gasteiger partial charge on any atom is -0.398 e. The Morgan fingerprint density at radius 3 is 2.59 bits per heavy atom. The number of hydrogen-bond donors (Lipinski definition) is 3. The molecular weight excluding hydrogens is 218 g/mol. The van der Waals surface area contributed by atoms with E-state index in [1.165, 1.54) is 0 Å². The molecule has 1 aromatic carbocycles. The van der Waals surface area contributed by atoms with Gasteiger partial charge in [0, 0.05) is 12.1 Å². The second kappa shape index (κ2) is 4.08. The number of imide groups is 1. The summed E-state index contributed by atoms with van der Waals surface area (Å²) in [6.07, 6.45) is 0.427. The van der Waals surface area contributed by atoms with Gasteiger partial charge < -0.3 is 11.1 Å². The van der Waals surface area contributed by atoms with Crippen molar-refractivity contribution in [2.75, 3.05) is 5.73 Å². The fourth-order valence-corrected chi connectivity index (χ4v) is 1.97. The van der Waals surface area contributed by atoms with E-state index in [9.17, 15) is 9.59 Å². The number of carbonyl (C=O) groups excluding carboxylic acids is 2. The molecule has 1 atom stereocenters. The molecule has 1 heterocycles. The van der Waals surface area contributed by atoms with Gasteiger partial charge in [-0.25, -0.2) is 4.79 Å². The van der Waals surface area contributed by atoms with Gasteiger partial charge in [0.15, 0.2) is 0 Å². The summed E-state index contributed by atoms with van der Waals surface area (Å²) in [4.78, 5) is 22.5. The lowest BCUT2D eigenvalue weighted by molar-refractivity contribution is -0.120. The van der Waals surface area contributed by atoms with Crippen LogP contribution in [-0.2, 0) is 11.2 Å². The molecular formula is C12H15N3O2. The Labute approximate surface area is 99.4 Å². The highest BCUT2D eigenvalue weighted by molar-refractivity contribution is 6.04. The second-order valence-electron chi connectivity index (χ2n) is 4.29. The van der Waals surface area contributed by atoms with Gasteiger partial charge in [-0.15, -0.1) is 0 Å². The monoisotopic (exact) mass is 233 g/mol. The number of aryl methyl sites for hydroxylation is 1. The minimum absolute atomic E-state index is 0.296. The van der Waals surface area contributed by atoms with Gasteiger partial charge in [0.05, 0.1) is 0 Å². The summed E-state index contributed by atoms with van der Waals surface area (Å²) >= 11 is 0. The number of nitrogens with one attached hydrogen (secondary N) is 2. The molecule has 5 heteroatoms. The summed E-state index contributed by atoms with van der Waals surface area (Å²) in [5.74, 6) is -0.296. The van der Waals surface area contributed by atoms with Gasteiger partial charge in [-0.3, -0.25) is 10.1 Å². The molecule has 1 aliphatic rings. The molecule has 0 bridgehead atoms. The zero-order valence-corrected chi connectivity index (χ0v) is 9.83. The fraction of sp³-hybridized carbons (Fsp3) is 0.333. The largest absolute Gasteiger partial charge is 0.398 e. The van der Waals surface area contributed by atoms with Gasteiger partial charge in [0.25, 0.3) is 5.91 Å². The minimum atomic E-state index is -0.523. The summed E-state index contributed by atoms with van der Waals surface area (Å²) < 4.78 is 0. The van der Waals surface area contributed by atoms with Crippen LogP contribution in [0.5, 0.6) is 0 Å². The van der Waals surface area contributed by atoms with Crippen LogP contribution in [0.2, 0.25) is 0 Å². The van der Waals surface area contributed by atoms with Crippen LogP contribution >= 0.6 is 0 Å². The van der Waals surface area contributed by atoms with Gasteiger partial charge in [-0.1, -0.05) is 6.07 Å². The van der Waals surface area contributed by atoms with Crippen LogP contribution < -0.4 is 16.4 Å². The first-order valence-electron chi connectivity index (χ1n) is 5.45. The SMILES string of the molecule is Cc1ccc(N)c(CC2NC(=O)NC2=O)c1C. The van der Waals surface area contributed by atoms with Gasteiger partial charge >= 0.3 is 6.03 Å². The van der Waals surface area contributed by atoms with E-state index in [2.05, 4.69) is 10.6 Å². The first kappa shape index (κ1) is 11.4. The maximum Gasteiger partial charge on any atom is 0.322 e. The van der Waals surface area contributed by atoms with Crippen molar-refractivity contribution in [3.63, 3.8) is 0 Å². The molecule has 3 amide bonds. The number of nitrogens with two attached hydrogens (primary N) is 1. The lowest BCUT2D eigenvalue weighted by atomic mass is 9.96. The lowest BCUT2D eigenvalue weighted by Crippen LogP contribution is -2.31. The molecule has 90 valence electrons. The molecule has 4 N–H and O–H groups in total. The average molecular weight is 233 g/mol. The maximum absolute atomic E-state index is 11.5. The van der Waals surface area contributed by atoms with E-state index in [1.54, 1.807) is 0 Å². The molecule has 0 spiro atoms. The predicted octanol–water partition coefficient (Wildman–Crippen LogP) is 0.636. The van der Waals surface area contributed by atoms with Crippen molar-refractivity contribution >= 4 is 17.6 Å². The van der Waals surface area contributed by atoms with Crippen LogP contribution in [0.25, 0.3) is 0 Å². The normalized spacial score (nSPS) is 19.1.